The molecule has 1 aromatic carbocycles. The molecule has 17 heteroatoms. The molecule has 1 aromatic heterocycles. The van der Waals surface area contributed by atoms with Crippen molar-refractivity contribution in [1.82, 2.24) is 35.3 Å². The summed E-state index contributed by atoms with van der Waals surface area (Å²) in [5.74, 6) is -2.70. The van der Waals surface area contributed by atoms with E-state index in [1.807, 2.05) is 0 Å². The van der Waals surface area contributed by atoms with Crippen LogP contribution in [-0.4, -0.2) is 119 Å². The first-order valence-electron chi connectivity index (χ1n) is 15.8. The Hall–Kier alpha value is -4.48. The molecule has 0 radical (unpaired) electrons. The molecule has 2 aliphatic heterocycles. The van der Waals surface area contributed by atoms with Gasteiger partial charge in [0.1, 0.15) is 36.3 Å². The number of aromatic nitrogens is 2. The van der Waals surface area contributed by atoms with Crippen LogP contribution >= 0.6 is 0 Å². The van der Waals surface area contributed by atoms with Crippen LogP contribution in [0.2, 0.25) is 0 Å². The molecule has 0 spiro atoms. The van der Waals surface area contributed by atoms with Gasteiger partial charge in [0.05, 0.1) is 37.1 Å². The van der Waals surface area contributed by atoms with Gasteiger partial charge in [-0.1, -0.05) is 0 Å². The monoisotopic (exact) mass is 693 g/mol. The number of amides is 5. The predicted molar refractivity (Wildman–Crippen MR) is 170 cm³/mol. The number of alkyl halides is 1. The van der Waals surface area contributed by atoms with E-state index < -0.39 is 65.3 Å². The summed E-state index contributed by atoms with van der Waals surface area (Å²) in [5.41, 5.74) is -1.69. The third-order valence-corrected chi connectivity index (χ3v) is 8.00. The zero-order valence-electron chi connectivity index (χ0n) is 27.7. The van der Waals surface area contributed by atoms with Crippen molar-refractivity contribution in [2.75, 3.05) is 52.5 Å². The van der Waals surface area contributed by atoms with E-state index in [4.69, 9.17) is 9.47 Å². The average molecular weight is 694 g/mol. The quantitative estimate of drug-likeness (QED) is 0.161. The van der Waals surface area contributed by atoms with Crippen LogP contribution in [0.1, 0.15) is 32.6 Å². The van der Waals surface area contributed by atoms with Crippen LogP contribution < -0.4 is 16.0 Å². The first-order valence-corrected chi connectivity index (χ1v) is 15.8. The van der Waals surface area contributed by atoms with Crippen molar-refractivity contribution in [2.24, 2.45) is 13.0 Å². The molecule has 49 heavy (non-hydrogen) atoms. The summed E-state index contributed by atoms with van der Waals surface area (Å²) in [6.07, 6.45) is 1.74. The summed E-state index contributed by atoms with van der Waals surface area (Å²) in [7, 11) is 1.58. The smallest absolute Gasteiger partial charge is 0.407 e. The molecule has 2 aliphatic rings. The minimum absolute atomic E-state index is 0.0716. The van der Waals surface area contributed by atoms with E-state index in [1.54, 1.807) is 14.0 Å². The van der Waals surface area contributed by atoms with Crippen molar-refractivity contribution in [1.29, 1.82) is 0 Å². The molecule has 1 fully saturated rings. The van der Waals surface area contributed by atoms with E-state index in [9.17, 15) is 37.5 Å². The van der Waals surface area contributed by atoms with Crippen LogP contribution in [0.4, 0.5) is 22.8 Å². The van der Waals surface area contributed by atoms with Crippen LogP contribution in [0.25, 0.3) is 11.3 Å². The Balaban J connectivity index is 1.38. The number of aryl methyl sites for hydroxylation is 1. The number of urea groups is 1. The third kappa shape index (κ3) is 9.79. The van der Waals surface area contributed by atoms with Crippen molar-refractivity contribution in [3.05, 3.63) is 54.0 Å². The number of nitrogens with zero attached hydrogens (tertiary/aromatic N) is 4. The van der Waals surface area contributed by atoms with Crippen LogP contribution in [0.15, 0.2) is 36.5 Å². The van der Waals surface area contributed by atoms with E-state index in [0.717, 1.165) is 23.1 Å². The molecular formula is C32H42F3N7O7. The summed E-state index contributed by atoms with van der Waals surface area (Å²) in [5, 5.41) is 19.5. The average Bonchev–Trinajstić information content (AvgIpc) is 3.71. The Bertz CT molecular complexity index is 1530. The number of carbonyl (C=O) groups excluding carboxylic acids is 4. The van der Waals surface area contributed by atoms with Crippen molar-refractivity contribution in [3.63, 3.8) is 0 Å². The summed E-state index contributed by atoms with van der Waals surface area (Å²) in [6, 6.07) is 0.332. The lowest BCUT2D eigenvalue weighted by Crippen LogP contribution is -2.54. The van der Waals surface area contributed by atoms with Crippen LogP contribution in [0.3, 0.4) is 0 Å². The Labute approximate surface area is 281 Å². The molecule has 4 rings (SSSR count). The lowest BCUT2D eigenvalue weighted by atomic mass is 9.94. The lowest BCUT2D eigenvalue weighted by molar-refractivity contribution is -0.137. The van der Waals surface area contributed by atoms with Crippen LogP contribution in [-0.2, 0) is 26.1 Å². The maximum Gasteiger partial charge on any atom is 0.407 e. The molecule has 4 N–H and O–H groups in total. The van der Waals surface area contributed by atoms with Gasteiger partial charge >= 0.3 is 12.1 Å². The normalized spacial score (nSPS) is 18.9. The number of imide groups is 1. The highest BCUT2D eigenvalue weighted by atomic mass is 19.1. The third-order valence-electron chi connectivity index (χ3n) is 8.00. The molecule has 0 saturated carbocycles. The number of imidazole rings is 1. The topological polar surface area (TPSA) is 167 Å². The van der Waals surface area contributed by atoms with Gasteiger partial charge in [0.25, 0.3) is 11.8 Å². The van der Waals surface area contributed by atoms with E-state index >= 15 is 0 Å². The lowest BCUT2D eigenvalue weighted by Gasteiger charge is -2.40. The summed E-state index contributed by atoms with van der Waals surface area (Å²) < 4.78 is 55.5. The molecule has 268 valence electrons. The van der Waals surface area contributed by atoms with Crippen molar-refractivity contribution in [3.8, 4) is 11.3 Å². The van der Waals surface area contributed by atoms with Gasteiger partial charge in [0, 0.05) is 63.1 Å². The van der Waals surface area contributed by atoms with Crippen LogP contribution in [0, 0.1) is 17.6 Å². The number of carbonyl (C=O) groups is 4. The van der Waals surface area contributed by atoms with Crippen molar-refractivity contribution >= 4 is 23.9 Å². The number of ether oxygens (including phenoxy) is 2. The Morgan fingerprint density at radius 2 is 1.90 bits per heavy atom. The van der Waals surface area contributed by atoms with Gasteiger partial charge in [0.2, 0.25) is 0 Å². The number of halogens is 3. The van der Waals surface area contributed by atoms with Gasteiger partial charge in [0.15, 0.2) is 0 Å². The first kappa shape index (κ1) is 37.3. The van der Waals surface area contributed by atoms with Gasteiger partial charge in [-0.25, -0.2) is 27.7 Å². The van der Waals surface area contributed by atoms with Crippen LogP contribution in [0.5, 0.6) is 0 Å². The molecule has 4 atom stereocenters. The Morgan fingerprint density at radius 1 is 1.18 bits per heavy atom. The van der Waals surface area contributed by atoms with Crippen molar-refractivity contribution < 1.29 is 46.9 Å². The molecule has 3 heterocycles. The van der Waals surface area contributed by atoms with Gasteiger partial charge in [-0.2, -0.15) is 0 Å². The molecule has 5 amide bonds. The van der Waals surface area contributed by atoms with E-state index in [2.05, 4.69) is 20.9 Å². The fourth-order valence-electron chi connectivity index (χ4n) is 5.56. The molecule has 0 bridgehead atoms. The molecule has 2 aromatic rings. The first-order chi connectivity index (χ1) is 23.1. The second kappa shape index (κ2) is 16.3. The summed E-state index contributed by atoms with van der Waals surface area (Å²) in [4.78, 5) is 55.9. The molecule has 1 saturated heterocycles. The van der Waals surface area contributed by atoms with Crippen molar-refractivity contribution in [2.45, 2.75) is 44.6 Å². The number of hydrogen-bond donors (Lipinski definition) is 4. The zero-order valence-corrected chi connectivity index (χ0v) is 27.7. The molecule has 14 nitrogen and oxygen atoms in total. The SMILES string of the molecule is CC(COC(=O)NCCOCCN1C(=O)C=CC1=O)NC(=O)N(CC1CNCC1F)C(c1nc(-c2cc(F)ccc2F)cn1C)C(C)(C)O. The maximum atomic E-state index is 14.8. The minimum atomic E-state index is -1.65. The van der Waals surface area contributed by atoms with E-state index in [-0.39, 0.29) is 69.6 Å². The zero-order chi connectivity index (χ0) is 35.9. The molecular weight excluding hydrogens is 651 g/mol. The summed E-state index contributed by atoms with van der Waals surface area (Å²) in [6.45, 7) is 4.82. The maximum absolute atomic E-state index is 14.8. The highest BCUT2D eigenvalue weighted by molar-refractivity contribution is 6.12. The fraction of sp³-hybridized carbons (Fsp3) is 0.531. The van der Waals surface area contributed by atoms with E-state index in [1.165, 1.54) is 41.7 Å². The van der Waals surface area contributed by atoms with Gasteiger partial charge in [-0.3, -0.25) is 14.5 Å². The molecule has 0 aliphatic carbocycles. The number of alkyl carbamates (subject to hydrolysis) is 1. The number of benzene rings is 1. The minimum Gasteiger partial charge on any atom is -0.447 e. The highest BCUT2D eigenvalue weighted by Gasteiger charge is 2.42. The Kier molecular flexibility index (Phi) is 12.4. The molecule has 4 unspecified atom stereocenters. The van der Waals surface area contributed by atoms with Gasteiger partial charge in [-0.05, 0) is 39.0 Å². The summed E-state index contributed by atoms with van der Waals surface area (Å²) >= 11 is 0. The standard InChI is InChI=1S/C32H42F3N7O7/c1-19(18-49-31(46)37-9-11-48-12-10-41-26(43)7-8-27(41)44)38-30(45)42(16-20-14-36-15-24(20)35)28(32(2,3)47)29-39-25(17-40(29)4)22-13-21(33)5-6-23(22)34/h5-8,13,17,19-20,24,28,36,47H,9-12,14-16,18H2,1-4H3,(H,37,46)(H,38,45). The van der Waals surface area contributed by atoms with E-state index in [0.29, 0.717) is 0 Å². The fourth-order valence-corrected chi connectivity index (χ4v) is 5.56. The second-order valence-corrected chi connectivity index (χ2v) is 12.5. The number of nitrogens with one attached hydrogen (secondary N) is 3. The second-order valence-electron chi connectivity index (χ2n) is 12.5. The number of hydrogen-bond acceptors (Lipinski definition) is 9. The highest BCUT2D eigenvalue weighted by Crippen LogP contribution is 2.35. The van der Waals surface area contributed by atoms with Gasteiger partial charge < -0.3 is 40.0 Å². The number of aliphatic hydroxyl groups is 1. The largest absolute Gasteiger partial charge is 0.447 e. The predicted octanol–water partition coefficient (Wildman–Crippen LogP) is 1.80. The van der Waals surface area contributed by atoms with Gasteiger partial charge in [-0.15, -0.1) is 0 Å². The number of rotatable bonds is 15. The Morgan fingerprint density at radius 3 is 2.55 bits per heavy atom.